The lowest BCUT2D eigenvalue weighted by molar-refractivity contribution is -0.162. The topological polar surface area (TPSA) is 120 Å². The lowest BCUT2D eigenvalue weighted by Gasteiger charge is -2.53. The molecule has 0 bridgehead atoms. The fraction of sp³-hybridized carbons (Fsp3) is 0.452. The molecule has 2 saturated heterocycles. The summed E-state index contributed by atoms with van der Waals surface area (Å²) in [4.78, 5) is 47.0. The average Bonchev–Trinajstić information content (AvgIpc) is 3.92. The maximum Gasteiger partial charge on any atom is 0.335 e. The predicted octanol–water partition coefficient (Wildman–Crippen LogP) is 5.24. The van der Waals surface area contributed by atoms with Crippen molar-refractivity contribution in [3.05, 3.63) is 101 Å². The maximum absolute atomic E-state index is 14.4. The lowest BCUT2D eigenvalue weighted by atomic mass is 9.55. The number of aromatic hydroxyl groups is 1. The minimum Gasteiger partial charge on any atom is -0.508 e. The van der Waals surface area contributed by atoms with Crippen LogP contribution in [-0.4, -0.2) is 78.7 Å². The summed E-state index contributed by atoms with van der Waals surface area (Å²) in [5.41, 5.74) is 2.13. The Hall–Kier alpha value is -4.67. The van der Waals surface area contributed by atoms with Gasteiger partial charge >= 0.3 is 11.9 Å². The van der Waals surface area contributed by atoms with E-state index in [0.717, 1.165) is 59.7 Å². The molecule has 0 aromatic heterocycles. The molecule has 52 heavy (non-hydrogen) atoms. The van der Waals surface area contributed by atoms with Gasteiger partial charge in [0.2, 0.25) is 5.91 Å². The summed E-state index contributed by atoms with van der Waals surface area (Å²) in [6, 6.07) is 11.3. The molecule has 8 aliphatic rings. The van der Waals surface area contributed by atoms with E-state index in [2.05, 4.69) is 64.3 Å². The first kappa shape index (κ1) is 32.0. The van der Waals surface area contributed by atoms with Crippen LogP contribution in [0.15, 0.2) is 84.6 Å². The minimum absolute atomic E-state index is 0.141. The molecule has 10 heteroatoms. The fourth-order valence-corrected chi connectivity index (χ4v) is 13.0. The zero-order valence-electron chi connectivity index (χ0n) is 29.8. The first-order chi connectivity index (χ1) is 25.1. The number of carbonyl (C=O) groups excluding carboxylic acids is 3. The number of carbonyl (C=O) groups is 3. The van der Waals surface area contributed by atoms with Gasteiger partial charge in [-0.2, -0.15) is 0 Å². The normalized spacial score (nSPS) is 38.7. The number of phenols is 1. The molecule has 10 rings (SSSR count). The molecule has 3 N–H and O–H groups in total. The highest BCUT2D eigenvalue weighted by Gasteiger charge is 2.80. The maximum atomic E-state index is 14.4. The van der Waals surface area contributed by atoms with Gasteiger partial charge < -0.3 is 25.2 Å². The number of ether oxygens (including phenoxy) is 2. The van der Waals surface area contributed by atoms with E-state index in [0.29, 0.717) is 25.0 Å². The molecular weight excluding hydrogens is 656 g/mol. The minimum atomic E-state index is -1.47. The molecule has 6 aliphatic heterocycles. The van der Waals surface area contributed by atoms with Crippen molar-refractivity contribution in [2.75, 3.05) is 44.5 Å². The molecule has 10 nitrogen and oxygen atoms in total. The van der Waals surface area contributed by atoms with Crippen LogP contribution in [0, 0.1) is 16.2 Å². The molecule has 1 saturated carbocycles. The summed E-state index contributed by atoms with van der Waals surface area (Å²) in [5, 5.41) is 18.7. The van der Waals surface area contributed by atoms with Crippen LogP contribution in [0.5, 0.6) is 5.75 Å². The van der Waals surface area contributed by atoms with Crippen LogP contribution < -0.4 is 10.6 Å². The number of benzene rings is 2. The molecule has 3 fully saturated rings. The van der Waals surface area contributed by atoms with Crippen molar-refractivity contribution in [3.63, 3.8) is 0 Å². The Morgan fingerprint density at radius 1 is 1.04 bits per heavy atom. The summed E-state index contributed by atoms with van der Waals surface area (Å²) >= 11 is 0. The van der Waals surface area contributed by atoms with Gasteiger partial charge in [0, 0.05) is 76.7 Å². The Balaban J connectivity index is 1.16. The number of amides is 1. The highest BCUT2D eigenvalue weighted by atomic mass is 16.5. The van der Waals surface area contributed by atoms with Crippen molar-refractivity contribution >= 4 is 29.2 Å². The predicted molar refractivity (Wildman–Crippen MR) is 194 cm³/mol. The third-order valence-electron chi connectivity index (χ3n) is 14.8. The van der Waals surface area contributed by atoms with Crippen LogP contribution in [0.1, 0.15) is 61.8 Å². The van der Waals surface area contributed by atoms with Gasteiger partial charge in [0.15, 0.2) is 5.41 Å². The van der Waals surface area contributed by atoms with E-state index in [-0.39, 0.29) is 47.6 Å². The van der Waals surface area contributed by atoms with Crippen molar-refractivity contribution in [2.24, 2.45) is 16.2 Å². The van der Waals surface area contributed by atoms with E-state index in [1.807, 2.05) is 36.4 Å². The van der Waals surface area contributed by atoms with Crippen LogP contribution in [0.2, 0.25) is 0 Å². The van der Waals surface area contributed by atoms with Crippen molar-refractivity contribution in [2.45, 2.75) is 68.0 Å². The molecular formula is C42H44N4O6. The summed E-state index contributed by atoms with van der Waals surface area (Å²) in [7, 11) is 2.81. The number of hydrogen-bond acceptors (Lipinski definition) is 9. The molecule has 2 aromatic rings. The third kappa shape index (κ3) is 3.34. The number of esters is 2. The van der Waals surface area contributed by atoms with E-state index in [4.69, 9.17) is 9.47 Å². The summed E-state index contributed by atoms with van der Waals surface area (Å²) in [6.45, 7) is 8.87. The second-order valence-electron chi connectivity index (χ2n) is 16.3. The number of methoxy groups -OCH3 is 2. The number of para-hydroxylation sites is 1. The number of rotatable bonds is 5. The monoisotopic (exact) mass is 700 g/mol. The first-order valence-electron chi connectivity index (χ1n) is 18.6. The quantitative estimate of drug-likeness (QED) is 0.219. The van der Waals surface area contributed by atoms with Gasteiger partial charge in [-0.15, -0.1) is 6.58 Å². The van der Waals surface area contributed by atoms with Crippen molar-refractivity contribution < 1.29 is 29.0 Å². The van der Waals surface area contributed by atoms with E-state index in [9.17, 15) is 19.5 Å². The van der Waals surface area contributed by atoms with Crippen LogP contribution in [-0.2, 0) is 34.7 Å². The van der Waals surface area contributed by atoms with Crippen LogP contribution in [0.4, 0.5) is 11.4 Å². The standard InChI is InChI=1S/C42H44N4O6/c1-5-38-13-9-17-45-18-15-40(34(38)45)27-20-24(31(47)21-29(27)43-32(40)25(22-38)33(48)51-3)30-12-14-39(6-2)23-42(37(50)52-4)36(49)44-28-11-8-7-10-26(28)41(42)16-19-46(30)35(39)41/h6-14,20-21,30,34-35,43,47H,2,5,15-19,22-23H2,1,3-4H3,(H,44,49). The van der Waals surface area contributed by atoms with Gasteiger partial charge in [0.05, 0.1) is 31.2 Å². The van der Waals surface area contributed by atoms with E-state index in [1.165, 1.54) is 14.2 Å². The van der Waals surface area contributed by atoms with E-state index >= 15 is 0 Å². The number of nitrogens with zero attached hydrogens (tertiary/aromatic N) is 2. The van der Waals surface area contributed by atoms with Gasteiger partial charge in [0.1, 0.15) is 5.75 Å². The molecule has 2 spiro atoms. The molecule has 8 atom stereocenters. The second kappa shape index (κ2) is 10.3. The highest BCUT2D eigenvalue weighted by molar-refractivity contribution is 6.14. The zero-order chi connectivity index (χ0) is 36.0. The number of hydrogen-bond donors (Lipinski definition) is 3. The van der Waals surface area contributed by atoms with Gasteiger partial charge in [-0.05, 0) is 55.4 Å². The molecule has 0 radical (unpaired) electrons. The molecule has 1 amide bonds. The van der Waals surface area contributed by atoms with Gasteiger partial charge in [0.25, 0.3) is 0 Å². The molecule has 2 aromatic carbocycles. The van der Waals surface area contributed by atoms with Crippen molar-refractivity contribution in [3.8, 4) is 5.75 Å². The Morgan fingerprint density at radius 2 is 1.87 bits per heavy atom. The van der Waals surface area contributed by atoms with Crippen LogP contribution >= 0.6 is 0 Å². The van der Waals surface area contributed by atoms with Gasteiger partial charge in [-0.3, -0.25) is 19.4 Å². The Kier molecular flexibility index (Phi) is 6.32. The number of anilines is 2. The Morgan fingerprint density at radius 3 is 2.63 bits per heavy atom. The molecule has 8 unspecified atom stereocenters. The smallest absolute Gasteiger partial charge is 0.335 e. The van der Waals surface area contributed by atoms with E-state index < -0.39 is 27.6 Å². The molecule has 6 heterocycles. The Bertz CT molecular complexity index is 2120. The third-order valence-corrected chi connectivity index (χ3v) is 14.8. The summed E-state index contributed by atoms with van der Waals surface area (Å²) < 4.78 is 10.9. The van der Waals surface area contributed by atoms with Crippen molar-refractivity contribution in [1.29, 1.82) is 0 Å². The fourth-order valence-electron chi connectivity index (χ4n) is 13.0. The van der Waals surface area contributed by atoms with E-state index in [1.54, 1.807) is 0 Å². The number of fused-ring (bicyclic) bond motifs is 2. The Labute approximate surface area is 303 Å². The largest absolute Gasteiger partial charge is 0.508 e. The highest BCUT2D eigenvalue weighted by Crippen LogP contribution is 2.73. The lowest BCUT2D eigenvalue weighted by Crippen LogP contribution is -2.61. The average molecular weight is 701 g/mol. The SMILES string of the molecule is C=CC12C=CC(c3cc4c(cc3O)NC3=C(C(=O)OC)CC5(CC)C=CCN6CCC34C65)N3CCC4(c5ccccc5NC(=O)C4(C(=O)OC)C1)C32. The zero-order valence-corrected chi connectivity index (χ0v) is 29.8. The first-order valence-corrected chi connectivity index (χ1v) is 18.6. The number of phenolic OH excluding ortho intramolecular Hbond substituents is 1. The van der Waals surface area contributed by atoms with Crippen molar-refractivity contribution in [1.82, 2.24) is 9.80 Å². The number of nitrogens with one attached hydrogen (secondary N) is 2. The molecule has 268 valence electrons. The van der Waals surface area contributed by atoms with Gasteiger partial charge in [-0.25, -0.2) is 4.79 Å². The summed E-state index contributed by atoms with van der Waals surface area (Å²) in [5.74, 6) is -1.02. The summed E-state index contributed by atoms with van der Waals surface area (Å²) in [6.07, 6.45) is 13.9. The van der Waals surface area contributed by atoms with Crippen LogP contribution in [0.3, 0.4) is 0 Å². The van der Waals surface area contributed by atoms with Crippen LogP contribution in [0.25, 0.3) is 0 Å². The van der Waals surface area contributed by atoms with Gasteiger partial charge in [-0.1, -0.05) is 55.5 Å². The second-order valence-corrected chi connectivity index (χ2v) is 16.3. The molecule has 2 aliphatic carbocycles.